The summed E-state index contributed by atoms with van der Waals surface area (Å²) in [5, 5.41) is 2.09. The van der Waals surface area contributed by atoms with E-state index >= 15 is 0 Å². The molecule has 3 aromatic heterocycles. The lowest BCUT2D eigenvalue weighted by molar-refractivity contribution is 0.605. The highest BCUT2D eigenvalue weighted by Crippen LogP contribution is 2.47. The van der Waals surface area contributed by atoms with Crippen molar-refractivity contribution in [2.24, 2.45) is 0 Å². The van der Waals surface area contributed by atoms with Crippen LogP contribution in [0.2, 0.25) is 19.6 Å². The molecule has 0 amide bonds. The van der Waals surface area contributed by atoms with E-state index in [0.29, 0.717) is 9.42 Å². The zero-order valence-corrected chi connectivity index (χ0v) is 16.6. The van der Waals surface area contributed by atoms with E-state index < -0.39 is 17.9 Å². The van der Waals surface area contributed by atoms with Gasteiger partial charge in [0, 0.05) is 28.6 Å². The van der Waals surface area contributed by atoms with Crippen LogP contribution in [0.1, 0.15) is 4.88 Å². The summed E-state index contributed by atoms with van der Waals surface area (Å²) in [6.45, 7) is 6.25. The van der Waals surface area contributed by atoms with E-state index in [2.05, 4.69) is 37.2 Å². The summed E-state index contributed by atoms with van der Waals surface area (Å²) in [5.74, 6) is 0. The quantitative estimate of drug-likeness (QED) is 0.533. The van der Waals surface area contributed by atoms with E-state index in [1.165, 1.54) is 14.3 Å². The molecule has 22 heavy (non-hydrogen) atoms. The van der Waals surface area contributed by atoms with Crippen LogP contribution in [0.4, 0.5) is 0 Å². The van der Waals surface area contributed by atoms with Gasteiger partial charge in [0.2, 0.25) is 0 Å². The van der Waals surface area contributed by atoms with E-state index in [9.17, 15) is 8.42 Å². The van der Waals surface area contributed by atoms with Crippen molar-refractivity contribution < 1.29 is 8.42 Å². The first-order valence-electron chi connectivity index (χ1n) is 6.85. The summed E-state index contributed by atoms with van der Waals surface area (Å²) in [6, 6.07) is 6.16. The van der Waals surface area contributed by atoms with Gasteiger partial charge in [-0.15, -0.1) is 34.0 Å². The summed E-state index contributed by atoms with van der Waals surface area (Å²) in [5.41, 5.74) is 0. The molecule has 4 heterocycles. The van der Waals surface area contributed by atoms with Gasteiger partial charge < -0.3 is 0 Å². The molecule has 0 radical (unpaired) electrons. The normalized spacial score (nSPS) is 17.0. The van der Waals surface area contributed by atoms with Crippen LogP contribution in [0, 0.1) is 0 Å². The van der Waals surface area contributed by atoms with Gasteiger partial charge in [0.05, 0.1) is 13.0 Å². The summed E-state index contributed by atoms with van der Waals surface area (Å²) in [6.07, 6.45) is 1.92. The topological polar surface area (TPSA) is 34.1 Å². The lowest BCUT2D eigenvalue weighted by atomic mass is 10.3. The number of rotatable bonds is 2. The second-order valence-electron chi connectivity index (χ2n) is 6.36. The van der Waals surface area contributed by atoms with E-state index in [-0.39, 0.29) is 0 Å². The third kappa shape index (κ3) is 2.10. The molecule has 0 fully saturated rings. The molecule has 4 rings (SSSR count). The fourth-order valence-electron chi connectivity index (χ4n) is 2.64. The lowest BCUT2D eigenvalue weighted by Crippen LogP contribution is -2.27. The molecule has 0 atom stereocenters. The van der Waals surface area contributed by atoms with Crippen molar-refractivity contribution in [3.63, 3.8) is 0 Å². The molecule has 1 aliphatic heterocycles. The fraction of sp³-hybridized carbons (Fsp3) is 0.200. The second kappa shape index (κ2) is 4.64. The van der Waals surface area contributed by atoms with Crippen LogP contribution in [0.3, 0.4) is 0 Å². The minimum Gasteiger partial charge on any atom is -0.219 e. The molecule has 0 unspecified atom stereocenters. The maximum absolute atomic E-state index is 12.8. The van der Waals surface area contributed by atoms with E-state index in [4.69, 9.17) is 0 Å². The molecule has 7 heteroatoms. The van der Waals surface area contributed by atoms with Gasteiger partial charge in [0.1, 0.15) is 0 Å². The Morgan fingerprint density at radius 1 is 1.00 bits per heavy atom. The van der Waals surface area contributed by atoms with E-state index in [1.807, 2.05) is 12.1 Å². The molecule has 0 aliphatic carbocycles. The first-order valence-corrected chi connectivity index (χ1v) is 14.3. The van der Waals surface area contributed by atoms with E-state index in [1.54, 1.807) is 34.0 Å². The number of hydrogen-bond donors (Lipinski definition) is 0. The van der Waals surface area contributed by atoms with Crippen molar-refractivity contribution in [2.45, 2.75) is 24.5 Å². The summed E-state index contributed by atoms with van der Waals surface area (Å²) in [4.78, 5) is 3.65. The molecule has 0 N–H and O–H groups in total. The molecular weight excluding hydrogens is 369 g/mol. The molecule has 0 aromatic carbocycles. The Labute approximate surface area is 142 Å². The molecule has 3 aromatic rings. The minimum absolute atomic E-state index is 0.515. The van der Waals surface area contributed by atoms with Gasteiger partial charge in [0.25, 0.3) is 0 Å². The standard InChI is InChI=1S/C15H14O2S4Si/c1-22(2,3)15-8-13-14(21(15,16)17)7-12(20-13)11-6-10-9(19-11)4-5-18-10/h4-8H,1-3H3. The number of thiophene rings is 3. The predicted octanol–water partition coefficient (Wildman–Crippen LogP) is 5.70. The summed E-state index contributed by atoms with van der Waals surface area (Å²) >= 11 is 5.06. The highest BCUT2D eigenvalue weighted by atomic mass is 32.2. The van der Waals surface area contributed by atoms with Crippen LogP contribution >= 0.6 is 34.0 Å². The van der Waals surface area contributed by atoms with Crippen molar-refractivity contribution in [1.29, 1.82) is 0 Å². The maximum Gasteiger partial charge on any atom is 0.200 e. The van der Waals surface area contributed by atoms with Crippen LogP contribution in [-0.4, -0.2) is 16.5 Å². The molecular formula is C15H14O2S4Si. The third-order valence-corrected chi connectivity index (χ3v) is 13.1. The largest absolute Gasteiger partial charge is 0.219 e. The predicted molar refractivity (Wildman–Crippen MR) is 102 cm³/mol. The third-order valence-electron chi connectivity index (χ3n) is 3.69. The average molecular weight is 383 g/mol. The Hall–Kier alpha value is -0.733. The molecule has 2 nitrogen and oxygen atoms in total. The fourth-order valence-corrected chi connectivity index (χ4v) is 11.8. The molecule has 0 saturated carbocycles. The van der Waals surface area contributed by atoms with Gasteiger partial charge in [-0.2, -0.15) is 0 Å². The smallest absolute Gasteiger partial charge is 0.200 e. The molecule has 0 spiro atoms. The van der Waals surface area contributed by atoms with Gasteiger partial charge in [-0.05, 0) is 29.7 Å². The molecule has 114 valence electrons. The summed E-state index contributed by atoms with van der Waals surface area (Å²) in [7, 11) is -5.12. The number of sulfone groups is 1. The average Bonchev–Trinajstić information content (AvgIpc) is 3.08. The van der Waals surface area contributed by atoms with Gasteiger partial charge in [-0.25, -0.2) is 8.42 Å². The van der Waals surface area contributed by atoms with Gasteiger partial charge in [0.15, 0.2) is 9.84 Å². The monoisotopic (exact) mass is 382 g/mol. The zero-order chi connectivity index (χ0) is 15.7. The zero-order valence-electron chi connectivity index (χ0n) is 12.3. The molecule has 1 aliphatic rings. The maximum atomic E-state index is 12.8. The first-order chi connectivity index (χ1) is 10.3. The molecule has 0 bridgehead atoms. The van der Waals surface area contributed by atoms with Crippen molar-refractivity contribution >= 4 is 67.4 Å². The summed E-state index contributed by atoms with van der Waals surface area (Å²) < 4.78 is 28.8. The second-order valence-corrected chi connectivity index (χ2v) is 16.8. The van der Waals surface area contributed by atoms with Crippen LogP contribution in [0.25, 0.3) is 25.2 Å². The highest BCUT2D eigenvalue weighted by molar-refractivity contribution is 7.98. The van der Waals surface area contributed by atoms with Crippen molar-refractivity contribution in [3.05, 3.63) is 33.0 Å². The Bertz CT molecular complexity index is 997. The molecule has 0 saturated heterocycles. The number of hydrogen-bond acceptors (Lipinski definition) is 5. The van der Waals surface area contributed by atoms with Crippen LogP contribution in [-0.2, 0) is 9.84 Å². The van der Waals surface area contributed by atoms with E-state index in [0.717, 1.165) is 9.75 Å². The van der Waals surface area contributed by atoms with Crippen molar-refractivity contribution in [3.8, 4) is 9.75 Å². The lowest BCUT2D eigenvalue weighted by Gasteiger charge is -2.16. The van der Waals surface area contributed by atoms with Gasteiger partial charge in [-0.3, -0.25) is 0 Å². The van der Waals surface area contributed by atoms with Crippen molar-refractivity contribution in [1.82, 2.24) is 0 Å². The Morgan fingerprint density at radius 2 is 1.73 bits per heavy atom. The SMILES string of the molecule is C[Si](C)(C)C1=Cc2sc(-c3cc4sccc4s3)cc2S1(=O)=O. The Balaban J connectivity index is 1.86. The first kappa shape index (κ1) is 14.8. The van der Waals surface area contributed by atoms with Gasteiger partial charge >= 0.3 is 0 Å². The van der Waals surface area contributed by atoms with Crippen molar-refractivity contribution in [2.75, 3.05) is 0 Å². The Morgan fingerprint density at radius 3 is 2.36 bits per heavy atom. The Kier molecular flexibility index (Phi) is 3.13. The van der Waals surface area contributed by atoms with Gasteiger partial charge in [-0.1, -0.05) is 19.6 Å². The van der Waals surface area contributed by atoms with Crippen LogP contribution in [0.15, 0.2) is 33.0 Å². The number of fused-ring (bicyclic) bond motifs is 2. The van der Waals surface area contributed by atoms with Crippen LogP contribution in [0.5, 0.6) is 0 Å². The van der Waals surface area contributed by atoms with Crippen LogP contribution < -0.4 is 0 Å². The highest BCUT2D eigenvalue weighted by Gasteiger charge is 2.39. The minimum atomic E-state index is -3.27.